The van der Waals surface area contributed by atoms with E-state index in [2.05, 4.69) is 32.9 Å². The summed E-state index contributed by atoms with van der Waals surface area (Å²) in [6, 6.07) is 2.04. The van der Waals surface area contributed by atoms with Crippen LogP contribution >= 0.6 is 0 Å². The van der Waals surface area contributed by atoms with Crippen LogP contribution in [0, 0.1) is 33.5 Å². The fourth-order valence-corrected chi connectivity index (χ4v) is 9.09. The van der Waals surface area contributed by atoms with Crippen molar-refractivity contribution in [3.63, 3.8) is 0 Å². The molecule has 5 rings (SSSR count). The number of hydrogen-bond acceptors (Lipinski definition) is 6. The molecule has 6 heteroatoms. The largest absolute Gasteiger partial charge is 0.472 e. The third kappa shape index (κ3) is 3.18. The number of furan rings is 1. The topological polar surface area (TPSA) is 82.8 Å². The molecule has 194 valence electrons. The second kappa shape index (κ2) is 7.93. The van der Waals surface area contributed by atoms with E-state index in [1.165, 1.54) is 25.0 Å². The van der Waals surface area contributed by atoms with Gasteiger partial charge in [-0.2, -0.15) is 0 Å². The van der Waals surface area contributed by atoms with Crippen LogP contribution in [0.3, 0.4) is 0 Å². The molecule has 4 aliphatic carbocycles. The summed E-state index contributed by atoms with van der Waals surface area (Å²) in [7, 11) is 0. The summed E-state index contributed by atoms with van der Waals surface area (Å²) < 4.78 is 17.7. The zero-order valence-electron chi connectivity index (χ0n) is 22.4. The van der Waals surface area contributed by atoms with Crippen LogP contribution in [0.15, 0.2) is 46.8 Å². The van der Waals surface area contributed by atoms with Gasteiger partial charge in [0.25, 0.3) is 0 Å². The van der Waals surface area contributed by atoms with Gasteiger partial charge in [0, 0.05) is 30.6 Å². The minimum absolute atomic E-state index is 0.00746. The maximum Gasteiger partial charge on any atom is 0.303 e. The molecule has 2 saturated carbocycles. The Morgan fingerprint density at radius 1 is 1.06 bits per heavy atom. The number of rotatable bonds is 3. The monoisotopic (exact) mass is 494 g/mol. The Hall–Kier alpha value is -2.63. The molecule has 0 spiro atoms. The maximum absolute atomic E-state index is 13.2. The first-order valence-corrected chi connectivity index (χ1v) is 13.1. The minimum atomic E-state index is -0.784. The molecule has 0 bridgehead atoms. The summed E-state index contributed by atoms with van der Waals surface area (Å²) in [5.74, 6) is -0.808. The zero-order valence-corrected chi connectivity index (χ0v) is 22.4. The molecule has 1 aromatic rings. The first kappa shape index (κ1) is 25.0. The third-order valence-electron chi connectivity index (χ3n) is 10.4. The molecule has 0 aromatic carbocycles. The van der Waals surface area contributed by atoms with Crippen molar-refractivity contribution in [3.05, 3.63) is 48.0 Å². The second-order valence-corrected chi connectivity index (χ2v) is 12.6. The molecule has 0 amide bonds. The lowest BCUT2D eigenvalue weighted by Crippen LogP contribution is -2.70. The van der Waals surface area contributed by atoms with E-state index in [4.69, 9.17) is 13.9 Å². The van der Waals surface area contributed by atoms with Crippen molar-refractivity contribution < 1.29 is 28.3 Å². The van der Waals surface area contributed by atoms with Crippen molar-refractivity contribution in [1.82, 2.24) is 0 Å². The summed E-state index contributed by atoms with van der Waals surface area (Å²) in [6.45, 7) is 13.4. The van der Waals surface area contributed by atoms with E-state index in [9.17, 15) is 14.4 Å². The standard InChI is InChI=1S/C30H38O6/c1-17(31)35-24-25-27(3,4)23(33)11-14-29(25,6)22-10-13-28(5)20(19-12-15-34-16-19)8-9-21(28)30(22,7)26(24)36-18(2)32/h9,11-12,14-16,20,22,24-26H,8,10,13H2,1-7H3/t20-,22+,24-,25-,26+,28-,29+,30-/m0/s1. The fraction of sp³-hybridized carbons (Fsp3) is 0.633. The van der Waals surface area contributed by atoms with Crippen LogP contribution in [0.4, 0.5) is 0 Å². The van der Waals surface area contributed by atoms with E-state index in [0.29, 0.717) is 0 Å². The molecule has 6 nitrogen and oxygen atoms in total. The lowest BCUT2D eigenvalue weighted by atomic mass is 9.37. The lowest BCUT2D eigenvalue weighted by Gasteiger charge is -2.67. The zero-order chi connectivity index (χ0) is 26.3. The lowest BCUT2D eigenvalue weighted by molar-refractivity contribution is -0.237. The highest BCUT2D eigenvalue weighted by Gasteiger charge is 2.72. The number of carbonyl (C=O) groups is 3. The fourth-order valence-electron chi connectivity index (χ4n) is 9.09. The van der Waals surface area contributed by atoms with Gasteiger partial charge in [0.2, 0.25) is 0 Å². The highest BCUT2D eigenvalue weighted by molar-refractivity contribution is 5.96. The molecule has 36 heavy (non-hydrogen) atoms. The average molecular weight is 495 g/mol. The van der Waals surface area contributed by atoms with E-state index in [0.717, 1.165) is 19.3 Å². The van der Waals surface area contributed by atoms with E-state index >= 15 is 0 Å². The summed E-state index contributed by atoms with van der Waals surface area (Å²) in [5.41, 5.74) is 0.496. The van der Waals surface area contributed by atoms with Gasteiger partial charge < -0.3 is 13.9 Å². The van der Waals surface area contributed by atoms with E-state index in [-0.39, 0.29) is 29.0 Å². The summed E-state index contributed by atoms with van der Waals surface area (Å²) in [6.07, 6.45) is 11.0. The van der Waals surface area contributed by atoms with Crippen molar-refractivity contribution in [3.8, 4) is 0 Å². The van der Waals surface area contributed by atoms with Gasteiger partial charge in [-0.05, 0) is 59.6 Å². The molecule has 2 fully saturated rings. The smallest absolute Gasteiger partial charge is 0.303 e. The summed E-state index contributed by atoms with van der Waals surface area (Å²) in [5, 5.41) is 0. The number of hydrogen-bond donors (Lipinski definition) is 0. The molecule has 0 aliphatic heterocycles. The van der Waals surface area contributed by atoms with Crippen molar-refractivity contribution in [2.45, 2.75) is 85.9 Å². The van der Waals surface area contributed by atoms with Gasteiger partial charge in [-0.25, -0.2) is 0 Å². The van der Waals surface area contributed by atoms with Gasteiger partial charge in [0.1, 0.15) is 12.2 Å². The Morgan fingerprint density at radius 2 is 1.75 bits per heavy atom. The van der Waals surface area contributed by atoms with Crippen LogP contribution in [0.25, 0.3) is 0 Å². The summed E-state index contributed by atoms with van der Waals surface area (Å²) in [4.78, 5) is 38.2. The molecule has 0 N–H and O–H groups in total. The van der Waals surface area contributed by atoms with Gasteiger partial charge in [0.15, 0.2) is 5.78 Å². The highest BCUT2D eigenvalue weighted by atomic mass is 16.6. The number of fused-ring (bicyclic) bond motifs is 5. The number of esters is 2. The Balaban J connectivity index is 1.73. The quantitative estimate of drug-likeness (QED) is 0.391. The van der Waals surface area contributed by atoms with Crippen LogP contribution in [-0.4, -0.2) is 29.9 Å². The predicted molar refractivity (Wildman–Crippen MR) is 134 cm³/mol. The Kier molecular flexibility index (Phi) is 5.52. The van der Waals surface area contributed by atoms with Crippen molar-refractivity contribution in [2.24, 2.45) is 33.5 Å². The van der Waals surface area contributed by atoms with Crippen LogP contribution in [0.1, 0.15) is 79.2 Å². The molecular formula is C30H38O6. The molecule has 4 aliphatic rings. The van der Waals surface area contributed by atoms with Crippen molar-refractivity contribution in [1.29, 1.82) is 0 Å². The highest BCUT2D eigenvalue weighted by Crippen LogP contribution is 2.73. The molecule has 0 unspecified atom stereocenters. The molecule has 0 saturated heterocycles. The predicted octanol–water partition coefficient (Wildman–Crippen LogP) is 5.78. The average Bonchev–Trinajstić information content (AvgIpc) is 3.41. The van der Waals surface area contributed by atoms with Crippen molar-refractivity contribution >= 4 is 17.7 Å². The van der Waals surface area contributed by atoms with Gasteiger partial charge in [0.05, 0.1) is 12.5 Å². The second-order valence-electron chi connectivity index (χ2n) is 12.6. The summed E-state index contributed by atoms with van der Waals surface area (Å²) >= 11 is 0. The minimum Gasteiger partial charge on any atom is -0.472 e. The molecule has 1 aromatic heterocycles. The van der Waals surface area contributed by atoms with Crippen LogP contribution in [-0.2, 0) is 23.9 Å². The number of carbonyl (C=O) groups excluding carboxylic acids is 3. The van der Waals surface area contributed by atoms with Crippen LogP contribution in [0.5, 0.6) is 0 Å². The van der Waals surface area contributed by atoms with E-state index < -0.39 is 40.4 Å². The van der Waals surface area contributed by atoms with E-state index in [1.54, 1.807) is 12.3 Å². The Bertz CT molecular complexity index is 1160. The number of ether oxygens (including phenoxy) is 2. The first-order valence-electron chi connectivity index (χ1n) is 13.1. The number of ketones is 1. The van der Waals surface area contributed by atoms with Gasteiger partial charge in [-0.1, -0.05) is 52.3 Å². The SMILES string of the molecule is CC(=O)O[C@@H]1[C@@H](OC(C)=O)[C@@]2(C)C3=CC[C@@H](c4ccoc4)[C@]3(C)CC[C@@H]2[C@@]2(C)C=CC(=O)C(C)(C)[C@H]12. The van der Waals surface area contributed by atoms with E-state index in [1.807, 2.05) is 26.2 Å². The maximum atomic E-state index is 13.2. The van der Waals surface area contributed by atoms with Crippen molar-refractivity contribution in [2.75, 3.05) is 0 Å². The molecular weight excluding hydrogens is 456 g/mol. The van der Waals surface area contributed by atoms with Crippen LogP contribution in [0.2, 0.25) is 0 Å². The van der Waals surface area contributed by atoms with Gasteiger partial charge in [-0.15, -0.1) is 0 Å². The molecule has 1 heterocycles. The Labute approximate surface area is 213 Å². The van der Waals surface area contributed by atoms with Gasteiger partial charge in [-0.3, -0.25) is 14.4 Å². The molecule has 0 radical (unpaired) electrons. The van der Waals surface area contributed by atoms with Gasteiger partial charge >= 0.3 is 11.9 Å². The first-order chi connectivity index (χ1) is 16.8. The third-order valence-corrected chi connectivity index (χ3v) is 10.4. The Morgan fingerprint density at radius 3 is 2.36 bits per heavy atom. The molecule has 8 atom stereocenters. The number of allylic oxidation sites excluding steroid dienone is 3. The normalized spacial score (nSPS) is 42.6. The van der Waals surface area contributed by atoms with Crippen LogP contribution < -0.4 is 0 Å².